The normalized spacial score (nSPS) is 11.0. The predicted molar refractivity (Wildman–Crippen MR) is 87.4 cm³/mol. The van der Waals surface area contributed by atoms with Crippen LogP contribution in [0, 0.1) is 6.92 Å². The number of fused-ring (bicyclic) bond motifs is 1. The second-order valence-electron chi connectivity index (χ2n) is 5.44. The molecule has 0 atom stereocenters. The molecule has 1 aromatic heterocycles. The summed E-state index contributed by atoms with van der Waals surface area (Å²) in [5.74, 6) is -0.375. The molecule has 1 heterocycles. The topological polar surface area (TPSA) is 97.5 Å². The number of esters is 1. The van der Waals surface area contributed by atoms with Crippen LogP contribution in [0.5, 0.6) is 5.75 Å². The zero-order valence-corrected chi connectivity index (χ0v) is 13.4. The number of aliphatic hydroxyl groups is 1. The molecule has 2 N–H and O–H groups in total. The predicted octanol–water partition coefficient (Wildman–Crippen LogP) is 1.76. The summed E-state index contributed by atoms with van der Waals surface area (Å²) in [7, 11) is 1.32. The number of ether oxygens (including phenoxy) is 1. The highest BCUT2D eigenvalue weighted by molar-refractivity contribution is 5.93. The van der Waals surface area contributed by atoms with E-state index in [0.717, 1.165) is 5.56 Å². The van der Waals surface area contributed by atoms with E-state index in [-0.39, 0.29) is 12.4 Å². The van der Waals surface area contributed by atoms with Gasteiger partial charge in [-0.3, -0.25) is 0 Å². The molecule has 124 valence electrons. The maximum Gasteiger partial charge on any atom is 0.337 e. The first-order chi connectivity index (χ1) is 11.5. The van der Waals surface area contributed by atoms with Crippen LogP contribution >= 0.6 is 0 Å². The summed E-state index contributed by atoms with van der Waals surface area (Å²) in [6.45, 7) is 1.79. The lowest BCUT2D eigenvalue weighted by Crippen LogP contribution is -2.02. The second kappa shape index (κ2) is 6.29. The van der Waals surface area contributed by atoms with Gasteiger partial charge in [0.25, 0.3) is 0 Å². The number of aryl methyl sites for hydroxylation is 1. The number of rotatable bonds is 4. The summed E-state index contributed by atoms with van der Waals surface area (Å²) in [5, 5.41) is 28.1. The van der Waals surface area contributed by atoms with Crippen molar-refractivity contribution in [2.45, 2.75) is 13.3 Å². The third-order valence-electron chi connectivity index (χ3n) is 3.76. The molecule has 7 nitrogen and oxygen atoms in total. The molecule has 0 fully saturated rings. The fourth-order valence-corrected chi connectivity index (χ4v) is 2.53. The van der Waals surface area contributed by atoms with E-state index in [4.69, 9.17) is 9.84 Å². The van der Waals surface area contributed by atoms with Gasteiger partial charge in [-0.1, -0.05) is 6.07 Å². The molecule has 0 aliphatic carbocycles. The molecule has 0 spiro atoms. The number of carbonyl (C=O) groups excluding carboxylic acids is 1. The van der Waals surface area contributed by atoms with Crippen LogP contribution in [0.1, 0.15) is 21.5 Å². The highest BCUT2D eigenvalue weighted by Gasteiger charge is 2.14. The lowest BCUT2D eigenvalue weighted by molar-refractivity contribution is 0.0601. The highest BCUT2D eigenvalue weighted by Crippen LogP contribution is 2.27. The number of hydrogen-bond donors (Lipinski definition) is 2. The van der Waals surface area contributed by atoms with Gasteiger partial charge in [0, 0.05) is 6.61 Å². The number of phenols is 1. The number of aliphatic hydroxyl groups excluding tert-OH is 1. The molecule has 0 radical (unpaired) electrons. The molecular weight excluding hydrogens is 310 g/mol. The van der Waals surface area contributed by atoms with Crippen LogP contribution in [0.3, 0.4) is 0 Å². The van der Waals surface area contributed by atoms with Gasteiger partial charge < -0.3 is 14.9 Å². The van der Waals surface area contributed by atoms with Crippen molar-refractivity contribution in [3.05, 3.63) is 47.0 Å². The first-order valence-corrected chi connectivity index (χ1v) is 7.42. The van der Waals surface area contributed by atoms with Gasteiger partial charge in [0.05, 0.1) is 12.7 Å². The SMILES string of the molecule is COC(=O)c1ccc2nn(-c3cc(CCO)cc(C)c3O)nc2c1. The summed E-state index contributed by atoms with van der Waals surface area (Å²) < 4.78 is 4.70. The summed E-state index contributed by atoms with van der Waals surface area (Å²) in [6, 6.07) is 8.42. The highest BCUT2D eigenvalue weighted by atomic mass is 16.5. The number of methoxy groups -OCH3 is 1. The van der Waals surface area contributed by atoms with Gasteiger partial charge in [0.15, 0.2) is 0 Å². The van der Waals surface area contributed by atoms with Gasteiger partial charge in [0.1, 0.15) is 22.5 Å². The van der Waals surface area contributed by atoms with Crippen molar-refractivity contribution in [1.29, 1.82) is 0 Å². The molecule has 0 saturated carbocycles. The van der Waals surface area contributed by atoms with Crippen LogP contribution in [-0.2, 0) is 11.2 Å². The molecule has 7 heteroatoms. The van der Waals surface area contributed by atoms with E-state index in [1.807, 2.05) is 6.07 Å². The first kappa shape index (κ1) is 15.9. The second-order valence-corrected chi connectivity index (χ2v) is 5.44. The Morgan fingerprint density at radius 2 is 1.96 bits per heavy atom. The summed E-state index contributed by atoms with van der Waals surface area (Å²) in [5.41, 5.74) is 3.46. The average Bonchev–Trinajstić information content (AvgIpc) is 3.00. The fourth-order valence-electron chi connectivity index (χ4n) is 2.53. The molecule has 0 amide bonds. The van der Waals surface area contributed by atoms with Crippen molar-refractivity contribution >= 4 is 17.0 Å². The molecule has 24 heavy (non-hydrogen) atoms. The molecule has 0 saturated heterocycles. The third-order valence-corrected chi connectivity index (χ3v) is 3.76. The quantitative estimate of drug-likeness (QED) is 0.709. The molecule has 0 aliphatic heterocycles. The van der Waals surface area contributed by atoms with Crippen molar-refractivity contribution < 1.29 is 19.7 Å². The van der Waals surface area contributed by atoms with Crippen molar-refractivity contribution in [3.8, 4) is 11.4 Å². The van der Waals surface area contributed by atoms with Crippen LogP contribution in [0.15, 0.2) is 30.3 Å². The molecular formula is C17H17N3O4. The zero-order chi connectivity index (χ0) is 17.3. The number of aromatic nitrogens is 3. The van der Waals surface area contributed by atoms with Crippen LogP contribution in [0.4, 0.5) is 0 Å². The van der Waals surface area contributed by atoms with Gasteiger partial charge >= 0.3 is 5.97 Å². The van der Waals surface area contributed by atoms with Gasteiger partial charge in [-0.15, -0.1) is 15.0 Å². The Labute approximate surface area is 138 Å². The van der Waals surface area contributed by atoms with Crippen LogP contribution < -0.4 is 0 Å². The number of aromatic hydroxyl groups is 1. The van der Waals surface area contributed by atoms with E-state index < -0.39 is 5.97 Å². The van der Waals surface area contributed by atoms with Crippen LogP contribution in [0.2, 0.25) is 0 Å². The van der Waals surface area contributed by atoms with Gasteiger partial charge in [0.2, 0.25) is 0 Å². The van der Waals surface area contributed by atoms with E-state index in [2.05, 4.69) is 10.2 Å². The van der Waals surface area contributed by atoms with Crippen LogP contribution in [-0.4, -0.2) is 44.9 Å². The smallest absolute Gasteiger partial charge is 0.337 e. The molecule has 0 bridgehead atoms. The maximum atomic E-state index is 11.6. The summed E-state index contributed by atoms with van der Waals surface area (Å²) >= 11 is 0. The number of benzene rings is 2. The Morgan fingerprint density at radius 3 is 2.67 bits per heavy atom. The lowest BCUT2D eigenvalue weighted by Gasteiger charge is -2.09. The molecule has 3 aromatic rings. The number of phenolic OH excluding ortho intramolecular Hbond substituents is 1. The van der Waals surface area contributed by atoms with E-state index in [0.29, 0.717) is 34.3 Å². The molecule has 0 aliphatic rings. The first-order valence-electron chi connectivity index (χ1n) is 7.42. The largest absolute Gasteiger partial charge is 0.505 e. The standard InChI is InChI=1S/C17H17N3O4/c1-10-7-11(5-6-21)8-15(16(10)22)20-18-13-4-3-12(17(23)24-2)9-14(13)19-20/h3-4,7-9,21-22H,5-6H2,1-2H3. The Balaban J connectivity index is 2.11. The third kappa shape index (κ3) is 2.81. The fraction of sp³-hybridized carbons (Fsp3) is 0.235. The Bertz CT molecular complexity index is 918. The van der Waals surface area contributed by atoms with Gasteiger partial charge in [-0.05, 0) is 48.7 Å². The minimum atomic E-state index is -0.449. The average molecular weight is 327 g/mol. The van der Waals surface area contributed by atoms with E-state index in [9.17, 15) is 9.90 Å². The van der Waals surface area contributed by atoms with E-state index >= 15 is 0 Å². The Hall–Kier alpha value is -2.93. The van der Waals surface area contributed by atoms with E-state index in [1.165, 1.54) is 11.9 Å². The van der Waals surface area contributed by atoms with Crippen molar-refractivity contribution in [3.63, 3.8) is 0 Å². The number of hydrogen-bond acceptors (Lipinski definition) is 6. The van der Waals surface area contributed by atoms with Crippen molar-refractivity contribution in [2.75, 3.05) is 13.7 Å². The van der Waals surface area contributed by atoms with Gasteiger partial charge in [-0.2, -0.15) is 0 Å². The number of carbonyl (C=O) groups is 1. The maximum absolute atomic E-state index is 11.6. The molecule has 0 unspecified atom stereocenters. The number of nitrogens with zero attached hydrogens (tertiary/aromatic N) is 3. The van der Waals surface area contributed by atoms with Crippen molar-refractivity contribution in [1.82, 2.24) is 15.0 Å². The summed E-state index contributed by atoms with van der Waals surface area (Å²) in [6.07, 6.45) is 0.474. The van der Waals surface area contributed by atoms with Crippen molar-refractivity contribution in [2.24, 2.45) is 0 Å². The monoisotopic (exact) mass is 327 g/mol. The summed E-state index contributed by atoms with van der Waals surface area (Å²) in [4.78, 5) is 12.9. The lowest BCUT2D eigenvalue weighted by atomic mass is 10.1. The Kier molecular flexibility index (Phi) is 4.18. The minimum Gasteiger partial charge on any atom is -0.505 e. The molecule has 3 rings (SSSR count). The molecule has 2 aromatic carbocycles. The van der Waals surface area contributed by atoms with Gasteiger partial charge in [-0.25, -0.2) is 4.79 Å². The Morgan fingerprint density at radius 1 is 1.21 bits per heavy atom. The van der Waals surface area contributed by atoms with Crippen LogP contribution in [0.25, 0.3) is 16.7 Å². The zero-order valence-electron chi connectivity index (χ0n) is 13.4. The van der Waals surface area contributed by atoms with E-state index in [1.54, 1.807) is 31.2 Å². The minimum absolute atomic E-state index is 0.0145.